The van der Waals surface area contributed by atoms with Crippen LogP contribution in [0.4, 0.5) is 0 Å². The Labute approximate surface area is 520 Å². The maximum absolute atomic E-state index is 15.2. The van der Waals surface area contributed by atoms with Crippen LogP contribution in [-0.4, -0.2) is 238 Å². The molecule has 87 heavy (non-hydrogen) atoms. The SMILES string of the molecule is CC[C@@H]1NC(=O)C(C(O)C(C)CCCC(C)O)N(C)C(=O)[C@H](C(C)C)N(C)C(=O)[C@H](CC(C)C)N(C)C(=O)[C@H](CC(C)C)N(C)C(=O)[C@@H](C)NC(=O)[C@H](C)NC(=O)[C@H](CC(C)C)N(C)C(=O)[C@H](C(C)C)NC(=O)[C@H](CC(C)C)N(C)C(=O)CN(C)C1=O. The molecule has 11 amide bonds. The van der Waals surface area contributed by atoms with E-state index in [0.29, 0.717) is 19.3 Å². The molecule has 0 radical (unpaired) electrons. The molecule has 4 unspecified atom stereocenters. The average molecular weight is 1230 g/mol. The third-order valence-corrected chi connectivity index (χ3v) is 16.6. The van der Waals surface area contributed by atoms with Gasteiger partial charge in [-0.25, -0.2) is 0 Å². The number of likely N-dealkylation sites (N-methyl/N-ethyl adjacent to an activating group) is 7. The van der Waals surface area contributed by atoms with E-state index in [1.165, 1.54) is 87.7 Å². The van der Waals surface area contributed by atoms with E-state index in [1.54, 1.807) is 48.5 Å². The van der Waals surface area contributed by atoms with Gasteiger partial charge < -0.3 is 65.8 Å². The van der Waals surface area contributed by atoms with E-state index >= 15 is 9.59 Å². The summed E-state index contributed by atoms with van der Waals surface area (Å²) in [4.78, 5) is 169. The fourth-order valence-electron chi connectivity index (χ4n) is 11.1. The van der Waals surface area contributed by atoms with Crippen molar-refractivity contribution in [2.24, 2.45) is 41.4 Å². The first-order chi connectivity index (χ1) is 40.1. The third kappa shape index (κ3) is 22.9. The number of aliphatic hydroxyl groups excluding tert-OH is 2. The fraction of sp³-hybridized carbons (Fsp3) is 0.825. The number of nitrogens with one attached hydrogen (secondary N) is 4. The van der Waals surface area contributed by atoms with E-state index in [1.807, 2.05) is 55.4 Å². The number of carbonyl (C=O) groups excluding carboxylic acids is 11. The molecular formula is C63H115N11O13. The summed E-state index contributed by atoms with van der Waals surface area (Å²) in [5, 5.41) is 33.2. The molecule has 6 N–H and O–H groups in total. The van der Waals surface area contributed by atoms with Gasteiger partial charge in [0.15, 0.2) is 0 Å². The summed E-state index contributed by atoms with van der Waals surface area (Å²) in [7, 11) is 9.86. The highest BCUT2D eigenvalue weighted by Gasteiger charge is 2.46. The van der Waals surface area contributed by atoms with Crippen LogP contribution in [0.1, 0.15) is 169 Å². The summed E-state index contributed by atoms with van der Waals surface area (Å²) >= 11 is 0. The highest BCUT2D eigenvalue weighted by atomic mass is 16.3. The minimum absolute atomic E-state index is 0.00483. The molecule has 0 bridgehead atoms. The van der Waals surface area contributed by atoms with Crippen LogP contribution in [0.2, 0.25) is 0 Å². The molecule has 0 aliphatic carbocycles. The zero-order valence-corrected chi connectivity index (χ0v) is 57.3. The summed E-state index contributed by atoms with van der Waals surface area (Å²) in [5.41, 5.74) is 0. The molecule has 1 aliphatic heterocycles. The van der Waals surface area contributed by atoms with Crippen molar-refractivity contribution >= 4 is 65.0 Å². The molecule has 0 aromatic carbocycles. The number of nitrogens with zero attached hydrogens (tertiary/aromatic N) is 7. The lowest BCUT2D eigenvalue weighted by atomic mass is 9.90. The second-order valence-electron chi connectivity index (χ2n) is 27.1. The molecule has 24 nitrogen and oxygen atoms in total. The molecule has 0 spiro atoms. The number of amides is 11. The largest absolute Gasteiger partial charge is 0.393 e. The first-order valence-corrected chi connectivity index (χ1v) is 31.5. The summed E-state index contributed by atoms with van der Waals surface area (Å²) in [6, 6.07) is -12.5. The quantitative estimate of drug-likeness (QED) is 0.122. The summed E-state index contributed by atoms with van der Waals surface area (Å²) < 4.78 is 0. The van der Waals surface area contributed by atoms with Crippen LogP contribution in [0.15, 0.2) is 0 Å². The molecular weight excluding hydrogens is 1120 g/mol. The van der Waals surface area contributed by atoms with Gasteiger partial charge in [-0.3, -0.25) is 52.7 Å². The van der Waals surface area contributed by atoms with Crippen LogP contribution in [0.3, 0.4) is 0 Å². The molecule has 1 fully saturated rings. The van der Waals surface area contributed by atoms with E-state index in [4.69, 9.17) is 0 Å². The Bertz CT molecular complexity index is 2330. The molecule has 0 saturated carbocycles. The Kier molecular flexibility index (Phi) is 32.7. The molecule has 1 rings (SSSR count). The lowest BCUT2D eigenvalue weighted by Crippen LogP contribution is -2.63. The fourth-order valence-corrected chi connectivity index (χ4v) is 11.1. The van der Waals surface area contributed by atoms with Crippen LogP contribution in [-0.2, 0) is 52.7 Å². The molecule has 24 heteroatoms. The predicted molar refractivity (Wildman–Crippen MR) is 335 cm³/mol. The van der Waals surface area contributed by atoms with Crippen molar-refractivity contribution in [1.29, 1.82) is 0 Å². The molecule has 1 aliphatic rings. The Hall–Kier alpha value is -5.91. The number of carbonyl (C=O) groups is 11. The van der Waals surface area contributed by atoms with Crippen molar-refractivity contribution in [3.05, 3.63) is 0 Å². The van der Waals surface area contributed by atoms with Gasteiger partial charge in [0.25, 0.3) is 0 Å². The van der Waals surface area contributed by atoms with Gasteiger partial charge in [-0.15, -0.1) is 0 Å². The maximum Gasteiger partial charge on any atom is 0.246 e. The minimum Gasteiger partial charge on any atom is -0.393 e. The number of aliphatic hydroxyl groups is 2. The maximum atomic E-state index is 15.2. The van der Waals surface area contributed by atoms with Crippen LogP contribution in [0, 0.1) is 41.4 Å². The van der Waals surface area contributed by atoms with Crippen LogP contribution in [0.25, 0.3) is 0 Å². The van der Waals surface area contributed by atoms with E-state index in [0.717, 1.165) is 9.80 Å². The molecule has 500 valence electrons. The Morgan fingerprint density at radius 1 is 0.425 bits per heavy atom. The smallest absolute Gasteiger partial charge is 0.246 e. The van der Waals surface area contributed by atoms with Crippen LogP contribution in [0.5, 0.6) is 0 Å². The standard InChI is InChI=1S/C63H115N11O13/c1-25-44-59(83)68(18)33-49(76)69(19)45(29-34(2)3)56(80)67-50(38(10)11)62(86)70(20)46(30-35(4)5)55(79)64-42(16)54(78)65-43(17)58(82)71(21)47(31-36(6)7)60(84)72(22)48(32-37(8)9)61(85)73(23)51(39(12)13)63(87)74(24)52(57(81)66-44)53(77)40(14)27-26-28-41(15)75/h34-48,50-53,75,77H,25-33H2,1-24H3,(H,64,79)(H,65,78)(H,66,81)(H,67,80)/t40?,41?,42-,43+,44-,45-,46-,47-,48-,50-,51-,52?,53?/m0/s1. The van der Waals surface area contributed by atoms with Crippen molar-refractivity contribution in [3.8, 4) is 0 Å². The Morgan fingerprint density at radius 3 is 1.29 bits per heavy atom. The van der Waals surface area contributed by atoms with Crippen molar-refractivity contribution in [2.75, 3.05) is 55.9 Å². The van der Waals surface area contributed by atoms with Gasteiger partial charge in [0.2, 0.25) is 65.0 Å². The van der Waals surface area contributed by atoms with Crippen LogP contribution >= 0.6 is 0 Å². The zero-order chi connectivity index (χ0) is 67.6. The summed E-state index contributed by atoms with van der Waals surface area (Å²) in [6.07, 6.45) is -0.402. The van der Waals surface area contributed by atoms with E-state index in [-0.39, 0.29) is 55.8 Å². The third-order valence-electron chi connectivity index (χ3n) is 16.6. The second kappa shape index (κ2) is 35.9. The molecule has 0 aromatic heterocycles. The van der Waals surface area contributed by atoms with Gasteiger partial charge in [0.05, 0.1) is 18.8 Å². The lowest BCUT2D eigenvalue weighted by Gasteiger charge is -2.41. The van der Waals surface area contributed by atoms with Gasteiger partial charge in [0, 0.05) is 49.3 Å². The van der Waals surface area contributed by atoms with Gasteiger partial charge in [-0.1, -0.05) is 103 Å². The summed E-state index contributed by atoms with van der Waals surface area (Å²) in [6.45, 7) is 29.0. The van der Waals surface area contributed by atoms with Gasteiger partial charge in [0.1, 0.15) is 60.4 Å². The molecule has 13 atom stereocenters. The van der Waals surface area contributed by atoms with E-state index in [2.05, 4.69) is 21.3 Å². The molecule has 0 aromatic rings. The molecule has 1 heterocycles. The van der Waals surface area contributed by atoms with E-state index < -0.39 is 162 Å². The highest BCUT2D eigenvalue weighted by Crippen LogP contribution is 2.26. The van der Waals surface area contributed by atoms with Gasteiger partial charge >= 0.3 is 0 Å². The zero-order valence-electron chi connectivity index (χ0n) is 57.3. The van der Waals surface area contributed by atoms with Crippen molar-refractivity contribution in [1.82, 2.24) is 55.6 Å². The first-order valence-electron chi connectivity index (χ1n) is 31.5. The van der Waals surface area contributed by atoms with Gasteiger partial charge in [-0.05, 0) is 107 Å². The lowest BCUT2D eigenvalue weighted by molar-refractivity contribution is -0.157. The number of hydrogen-bond donors (Lipinski definition) is 6. The number of rotatable bonds is 17. The van der Waals surface area contributed by atoms with Crippen molar-refractivity contribution in [3.63, 3.8) is 0 Å². The normalized spacial score (nSPS) is 26.9. The topological polar surface area (TPSA) is 299 Å². The van der Waals surface area contributed by atoms with E-state index in [9.17, 15) is 53.4 Å². The minimum atomic E-state index is -1.65. The number of hydrogen-bond acceptors (Lipinski definition) is 13. The predicted octanol–water partition coefficient (Wildman–Crippen LogP) is 2.85. The van der Waals surface area contributed by atoms with Crippen molar-refractivity contribution in [2.45, 2.75) is 242 Å². The second-order valence-corrected chi connectivity index (χ2v) is 27.1. The molecule has 1 saturated heterocycles. The Morgan fingerprint density at radius 2 is 0.839 bits per heavy atom. The summed E-state index contributed by atoms with van der Waals surface area (Å²) in [5.74, 6) is -9.93. The first kappa shape index (κ1) is 79.1. The Balaban J connectivity index is 4.33. The monoisotopic (exact) mass is 1230 g/mol. The highest BCUT2D eigenvalue weighted by molar-refractivity contribution is 5.99. The van der Waals surface area contributed by atoms with Crippen LogP contribution < -0.4 is 21.3 Å². The van der Waals surface area contributed by atoms with Gasteiger partial charge in [-0.2, -0.15) is 0 Å². The average Bonchev–Trinajstić information content (AvgIpc) is 1.19. The van der Waals surface area contributed by atoms with Crippen molar-refractivity contribution < 1.29 is 63.0 Å².